The van der Waals surface area contributed by atoms with Gasteiger partial charge in [-0.1, -0.05) is 48.5 Å². The topological polar surface area (TPSA) is 72.2 Å². The molecule has 1 heterocycles. The Kier molecular flexibility index (Phi) is 4.52. The van der Waals surface area contributed by atoms with E-state index in [1.54, 1.807) is 24.3 Å². The van der Waals surface area contributed by atoms with Crippen LogP contribution in [0.3, 0.4) is 0 Å². The van der Waals surface area contributed by atoms with Gasteiger partial charge in [-0.15, -0.1) is 0 Å². The number of aliphatic carboxylic acids is 1. The fourth-order valence-electron chi connectivity index (χ4n) is 2.47. The van der Waals surface area contributed by atoms with Gasteiger partial charge < -0.3 is 5.11 Å². The lowest BCUT2D eigenvalue weighted by Gasteiger charge is -2.10. The van der Waals surface area contributed by atoms with Crippen molar-refractivity contribution < 1.29 is 9.90 Å². The predicted molar refractivity (Wildman–Crippen MR) is 93.6 cm³/mol. The molecule has 0 radical (unpaired) electrons. The van der Waals surface area contributed by atoms with Crippen LogP contribution in [-0.4, -0.2) is 20.6 Å². The lowest BCUT2D eigenvalue weighted by atomic mass is 10.2. The molecule has 3 aromatic rings. The molecule has 0 fully saturated rings. The van der Waals surface area contributed by atoms with E-state index in [9.17, 15) is 9.59 Å². The largest absolute Gasteiger partial charge is 0.481 e. The van der Waals surface area contributed by atoms with E-state index in [1.165, 1.54) is 4.57 Å². The molecular formula is C19H16N2O3. The first-order valence-corrected chi connectivity index (χ1v) is 7.59. The summed E-state index contributed by atoms with van der Waals surface area (Å²) in [6, 6.07) is 16.7. The number of para-hydroxylation sites is 1. The summed E-state index contributed by atoms with van der Waals surface area (Å²) in [7, 11) is 0. The lowest BCUT2D eigenvalue weighted by molar-refractivity contribution is -0.137. The highest BCUT2D eigenvalue weighted by atomic mass is 16.4. The molecule has 0 unspecified atom stereocenters. The number of aromatic nitrogens is 2. The number of hydrogen-bond donors (Lipinski definition) is 1. The van der Waals surface area contributed by atoms with E-state index in [2.05, 4.69) is 4.98 Å². The molecule has 0 saturated carbocycles. The minimum absolute atomic E-state index is 0.0838. The first-order chi connectivity index (χ1) is 11.6. The summed E-state index contributed by atoms with van der Waals surface area (Å²) in [5.41, 5.74) is 1.35. The first kappa shape index (κ1) is 15.7. The second-order valence-electron chi connectivity index (χ2n) is 5.33. The third-order valence-electron chi connectivity index (χ3n) is 3.66. The van der Waals surface area contributed by atoms with E-state index in [4.69, 9.17) is 5.11 Å². The van der Waals surface area contributed by atoms with Crippen LogP contribution in [0.2, 0.25) is 0 Å². The van der Waals surface area contributed by atoms with Crippen LogP contribution in [0, 0.1) is 0 Å². The molecule has 0 aliphatic carbocycles. The Morgan fingerprint density at radius 2 is 1.75 bits per heavy atom. The molecule has 0 bridgehead atoms. The number of fused-ring (bicyclic) bond motifs is 1. The van der Waals surface area contributed by atoms with Gasteiger partial charge in [0.2, 0.25) is 0 Å². The van der Waals surface area contributed by atoms with Gasteiger partial charge in [-0.05, 0) is 23.8 Å². The van der Waals surface area contributed by atoms with Crippen LogP contribution in [0.1, 0.15) is 17.8 Å². The molecule has 0 amide bonds. The van der Waals surface area contributed by atoms with E-state index in [-0.39, 0.29) is 18.5 Å². The van der Waals surface area contributed by atoms with E-state index >= 15 is 0 Å². The highest BCUT2D eigenvalue weighted by Gasteiger charge is 2.10. The van der Waals surface area contributed by atoms with E-state index in [1.807, 2.05) is 42.5 Å². The van der Waals surface area contributed by atoms with Crippen LogP contribution in [0.4, 0.5) is 0 Å². The zero-order valence-corrected chi connectivity index (χ0v) is 12.9. The fourth-order valence-corrected chi connectivity index (χ4v) is 2.47. The van der Waals surface area contributed by atoms with Crippen molar-refractivity contribution in [3.63, 3.8) is 0 Å². The molecule has 120 valence electrons. The van der Waals surface area contributed by atoms with Crippen LogP contribution in [-0.2, 0) is 11.3 Å². The first-order valence-electron chi connectivity index (χ1n) is 7.59. The number of benzene rings is 2. The Labute approximate surface area is 138 Å². The van der Waals surface area contributed by atoms with Crippen LogP contribution in [0.25, 0.3) is 23.1 Å². The maximum absolute atomic E-state index is 12.7. The molecular weight excluding hydrogens is 304 g/mol. The number of carbonyl (C=O) groups is 1. The standard InChI is InChI=1S/C19H16N2O3/c22-18(23)12-13-21-17(11-10-14-6-2-1-3-7-14)20-16-9-5-4-8-15(16)19(21)24/h1-11H,12-13H2,(H,22,23)/b11-10+. The molecule has 0 aliphatic rings. The molecule has 24 heavy (non-hydrogen) atoms. The number of carboxylic acid groups (broad SMARTS) is 1. The van der Waals surface area contributed by atoms with Crippen LogP contribution in [0.15, 0.2) is 59.4 Å². The van der Waals surface area contributed by atoms with Crippen LogP contribution >= 0.6 is 0 Å². The van der Waals surface area contributed by atoms with Crippen molar-refractivity contribution in [3.8, 4) is 0 Å². The van der Waals surface area contributed by atoms with Crippen molar-refractivity contribution in [2.24, 2.45) is 0 Å². The number of carboxylic acids is 1. The summed E-state index contributed by atoms with van der Waals surface area (Å²) in [5.74, 6) is -0.503. The Morgan fingerprint density at radius 3 is 2.50 bits per heavy atom. The van der Waals surface area contributed by atoms with Gasteiger partial charge >= 0.3 is 5.97 Å². The zero-order chi connectivity index (χ0) is 16.9. The zero-order valence-electron chi connectivity index (χ0n) is 12.9. The van der Waals surface area contributed by atoms with Crippen molar-refractivity contribution in [3.05, 3.63) is 76.3 Å². The molecule has 0 aliphatic heterocycles. The lowest BCUT2D eigenvalue weighted by Crippen LogP contribution is -2.25. The summed E-state index contributed by atoms with van der Waals surface area (Å²) in [6.07, 6.45) is 3.46. The summed E-state index contributed by atoms with van der Waals surface area (Å²) in [4.78, 5) is 28.1. The molecule has 3 rings (SSSR count). The maximum atomic E-state index is 12.7. The molecule has 0 atom stereocenters. The summed E-state index contributed by atoms with van der Waals surface area (Å²) in [6.45, 7) is 0.0838. The van der Waals surface area contributed by atoms with Crippen LogP contribution < -0.4 is 5.56 Å². The number of hydrogen-bond acceptors (Lipinski definition) is 3. The Balaban J connectivity index is 2.10. The van der Waals surface area contributed by atoms with Gasteiger partial charge in [-0.3, -0.25) is 14.2 Å². The van der Waals surface area contributed by atoms with Crippen molar-refractivity contribution in [2.45, 2.75) is 13.0 Å². The minimum Gasteiger partial charge on any atom is -0.481 e. The molecule has 1 aromatic heterocycles. The summed E-state index contributed by atoms with van der Waals surface area (Å²) < 4.78 is 1.41. The van der Waals surface area contributed by atoms with Gasteiger partial charge in [-0.2, -0.15) is 0 Å². The molecule has 2 aromatic carbocycles. The quantitative estimate of drug-likeness (QED) is 0.784. The van der Waals surface area contributed by atoms with Gasteiger partial charge in [0, 0.05) is 6.54 Å². The highest BCUT2D eigenvalue weighted by Crippen LogP contribution is 2.11. The monoisotopic (exact) mass is 320 g/mol. The molecule has 5 heteroatoms. The second kappa shape index (κ2) is 6.91. The highest BCUT2D eigenvalue weighted by molar-refractivity contribution is 5.79. The third kappa shape index (κ3) is 3.41. The Morgan fingerprint density at radius 1 is 1.04 bits per heavy atom. The van der Waals surface area contributed by atoms with Crippen molar-refractivity contribution >= 4 is 29.0 Å². The summed E-state index contributed by atoms with van der Waals surface area (Å²) in [5, 5.41) is 9.41. The van der Waals surface area contributed by atoms with E-state index in [0.717, 1.165) is 5.56 Å². The van der Waals surface area contributed by atoms with Crippen molar-refractivity contribution in [1.82, 2.24) is 9.55 Å². The van der Waals surface area contributed by atoms with E-state index in [0.29, 0.717) is 16.7 Å². The Bertz CT molecular complexity index is 959. The molecule has 5 nitrogen and oxygen atoms in total. The molecule has 0 saturated heterocycles. The van der Waals surface area contributed by atoms with Crippen molar-refractivity contribution in [2.75, 3.05) is 0 Å². The fraction of sp³-hybridized carbons (Fsp3) is 0.105. The SMILES string of the molecule is O=C(O)CCn1c(/C=C/c2ccccc2)nc2ccccc2c1=O. The molecule has 1 N–H and O–H groups in total. The number of nitrogens with zero attached hydrogens (tertiary/aromatic N) is 2. The summed E-state index contributed by atoms with van der Waals surface area (Å²) >= 11 is 0. The van der Waals surface area contributed by atoms with Gasteiger partial charge in [0.15, 0.2) is 0 Å². The average molecular weight is 320 g/mol. The minimum atomic E-state index is -0.951. The van der Waals surface area contributed by atoms with Gasteiger partial charge in [0.05, 0.1) is 17.3 Å². The van der Waals surface area contributed by atoms with Crippen molar-refractivity contribution in [1.29, 1.82) is 0 Å². The smallest absolute Gasteiger partial charge is 0.305 e. The van der Waals surface area contributed by atoms with E-state index < -0.39 is 5.97 Å². The normalized spacial score (nSPS) is 11.2. The maximum Gasteiger partial charge on any atom is 0.305 e. The molecule has 0 spiro atoms. The number of rotatable bonds is 5. The van der Waals surface area contributed by atoms with Gasteiger partial charge in [0.1, 0.15) is 5.82 Å². The second-order valence-corrected chi connectivity index (χ2v) is 5.33. The van der Waals surface area contributed by atoms with Gasteiger partial charge in [-0.25, -0.2) is 4.98 Å². The van der Waals surface area contributed by atoms with Crippen LogP contribution in [0.5, 0.6) is 0 Å². The van der Waals surface area contributed by atoms with Gasteiger partial charge in [0.25, 0.3) is 5.56 Å². The Hall–Kier alpha value is -3.21. The predicted octanol–water partition coefficient (Wildman–Crippen LogP) is 3.04. The third-order valence-corrected chi connectivity index (χ3v) is 3.66. The average Bonchev–Trinajstić information content (AvgIpc) is 2.60.